The first kappa shape index (κ1) is 41.9. The van der Waals surface area contributed by atoms with E-state index in [0.717, 1.165) is 6.92 Å². The number of benzene rings is 3. The Hall–Kier alpha value is -5.21. The number of Topliss-reactive ketones (excluding diaryl/α,β-unsaturated/α-hetero) is 1. The normalized spacial score (nSPS) is 31.7. The third-order valence-electron chi connectivity index (χ3n) is 13.1. The number of carbonyl (C=O) groups excluding carboxylic acids is 5. The number of fused-ring (bicyclic) bond motifs is 5. The highest BCUT2D eigenvalue weighted by Gasteiger charge is 2.74. The van der Waals surface area contributed by atoms with Gasteiger partial charge in [-0.25, -0.2) is 4.79 Å². The van der Waals surface area contributed by atoms with Crippen LogP contribution in [0.1, 0.15) is 86.2 Å². The second-order valence-electron chi connectivity index (χ2n) is 16.9. The maximum atomic E-state index is 15.2. The Morgan fingerprint density at radius 2 is 1.47 bits per heavy atom. The molecule has 312 valence electrons. The van der Waals surface area contributed by atoms with Gasteiger partial charge in [-0.3, -0.25) is 19.2 Å². The fourth-order valence-electron chi connectivity index (χ4n) is 10.2. The first-order chi connectivity index (χ1) is 28.0. The number of aliphatic hydroxyl groups excluding tert-OH is 2. The molecular weight excluding hydrogens is 759 g/mol. The van der Waals surface area contributed by atoms with Crippen molar-refractivity contribution in [1.82, 2.24) is 5.32 Å². The highest BCUT2D eigenvalue weighted by molar-refractivity contribution is 5.95. The van der Waals surface area contributed by atoms with Gasteiger partial charge < -0.3 is 39.6 Å². The van der Waals surface area contributed by atoms with Gasteiger partial charge in [-0.15, -0.1) is 0 Å². The molecule has 0 spiro atoms. The lowest BCUT2D eigenvalue weighted by molar-refractivity contribution is -0.332. The van der Waals surface area contributed by atoms with E-state index >= 15 is 4.79 Å². The molecule has 59 heavy (non-hydrogen) atoms. The number of hydrogen-bond donors (Lipinski definition) is 4. The fraction of sp³-hybridized carbons (Fsp3) is 0.457. The highest BCUT2D eigenvalue weighted by atomic mass is 16.6. The summed E-state index contributed by atoms with van der Waals surface area (Å²) in [5.74, 6) is -7.13. The van der Waals surface area contributed by atoms with Crippen LogP contribution >= 0.6 is 0 Å². The van der Waals surface area contributed by atoms with Gasteiger partial charge in [-0.1, -0.05) is 86.2 Å². The van der Waals surface area contributed by atoms with Crippen molar-refractivity contribution in [3.05, 3.63) is 119 Å². The maximum Gasteiger partial charge on any atom is 0.338 e. The van der Waals surface area contributed by atoms with Crippen molar-refractivity contribution in [2.24, 2.45) is 23.2 Å². The summed E-state index contributed by atoms with van der Waals surface area (Å²) in [6, 6.07) is 24.6. The molecule has 7 rings (SSSR count). The highest BCUT2D eigenvalue weighted by Crippen LogP contribution is 2.62. The number of nitrogens with one attached hydrogen (secondary N) is 1. The lowest BCUT2D eigenvalue weighted by atomic mass is 9.47. The summed E-state index contributed by atoms with van der Waals surface area (Å²) in [6.45, 7) is 7.21. The van der Waals surface area contributed by atoms with Crippen LogP contribution in [-0.4, -0.2) is 93.2 Å². The van der Waals surface area contributed by atoms with Crippen LogP contribution < -0.4 is 5.32 Å². The van der Waals surface area contributed by atoms with Gasteiger partial charge in [0.05, 0.1) is 42.3 Å². The number of rotatable bonds is 10. The van der Waals surface area contributed by atoms with Crippen LogP contribution in [0.2, 0.25) is 0 Å². The molecule has 13 heteroatoms. The van der Waals surface area contributed by atoms with E-state index < -0.39 is 101 Å². The average Bonchev–Trinajstić information content (AvgIpc) is 3.20. The van der Waals surface area contributed by atoms with Crippen LogP contribution in [-0.2, 0) is 33.3 Å². The van der Waals surface area contributed by atoms with Crippen molar-refractivity contribution in [2.75, 3.05) is 6.61 Å². The average molecular weight is 810 g/mol. The van der Waals surface area contributed by atoms with Crippen LogP contribution in [0.25, 0.3) is 0 Å². The van der Waals surface area contributed by atoms with E-state index in [1.807, 2.05) is 6.07 Å². The summed E-state index contributed by atoms with van der Waals surface area (Å²) in [5.41, 5.74) is -3.37. The molecular formula is C46H51NO12. The number of hydrogen-bond acceptors (Lipinski definition) is 12. The van der Waals surface area contributed by atoms with E-state index in [0.29, 0.717) is 16.7 Å². The van der Waals surface area contributed by atoms with Crippen LogP contribution in [0.3, 0.4) is 0 Å². The fourth-order valence-corrected chi connectivity index (χ4v) is 10.2. The molecule has 11 unspecified atom stereocenters. The molecule has 11 atom stereocenters. The van der Waals surface area contributed by atoms with Gasteiger partial charge in [0.2, 0.25) is 0 Å². The Balaban J connectivity index is 1.40. The number of amides is 1. The number of esters is 3. The van der Waals surface area contributed by atoms with Crippen LogP contribution in [0.4, 0.5) is 0 Å². The summed E-state index contributed by atoms with van der Waals surface area (Å²) < 4.78 is 24.3. The van der Waals surface area contributed by atoms with Crippen LogP contribution in [0.5, 0.6) is 0 Å². The monoisotopic (exact) mass is 809 g/mol. The number of allylic oxidation sites excluding steroid dienone is 1. The third kappa shape index (κ3) is 7.39. The van der Waals surface area contributed by atoms with Crippen molar-refractivity contribution in [3.63, 3.8) is 0 Å². The molecule has 2 bridgehead atoms. The minimum Gasteiger partial charge on any atom is -0.455 e. The molecule has 3 fully saturated rings. The minimum atomic E-state index is -2.14. The van der Waals surface area contributed by atoms with Gasteiger partial charge in [-0.05, 0) is 61.1 Å². The van der Waals surface area contributed by atoms with Gasteiger partial charge in [0.25, 0.3) is 5.91 Å². The smallest absolute Gasteiger partial charge is 0.338 e. The van der Waals surface area contributed by atoms with Gasteiger partial charge >= 0.3 is 17.9 Å². The van der Waals surface area contributed by atoms with E-state index in [4.69, 9.17) is 18.9 Å². The Kier molecular flexibility index (Phi) is 11.4. The van der Waals surface area contributed by atoms with Crippen molar-refractivity contribution in [3.8, 4) is 0 Å². The lowest BCUT2D eigenvalue weighted by Gasteiger charge is -2.65. The molecule has 3 aliphatic carbocycles. The number of carbonyl (C=O) groups is 5. The van der Waals surface area contributed by atoms with Gasteiger partial charge in [0, 0.05) is 31.2 Å². The lowest BCUT2D eigenvalue weighted by Crippen LogP contribution is -2.79. The van der Waals surface area contributed by atoms with Gasteiger partial charge in [-0.2, -0.15) is 0 Å². The molecule has 4 N–H and O–H groups in total. The molecule has 13 nitrogen and oxygen atoms in total. The van der Waals surface area contributed by atoms with E-state index in [-0.39, 0.29) is 37.0 Å². The predicted molar refractivity (Wildman–Crippen MR) is 211 cm³/mol. The van der Waals surface area contributed by atoms with Gasteiger partial charge in [0.1, 0.15) is 17.8 Å². The molecule has 1 heterocycles. The Bertz CT molecular complexity index is 2120. The SMILES string of the molecule is CC(=O)OC1C(=O)C2C(O)CC3OCC3(OC(C)=O)C2C(OC(=O)c2ccccc2)C2(O)CC(CC(O)C(NC(=O)c3ccccc3)c3ccccc3)C(C)=C1C2(C)C. The third-order valence-corrected chi connectivity index (χ3v) is 13.1. The quantitative estimate of drug-likeness (QED) is 0.128. The van der Waals surface area contributed by atoms with Crippen LogP contribution in [0.15, 0.2) is 102 Å². The van der Waals surface area contributed by atoms with E-state index in [1.54, 1.807) is 93.6 Å². The second-order valence-corrected chi connectivity index (χ2v) is 16.9. The van der Waals surface area contributed by atoms with E-state index in [1.165, 1.54) is 19.1 Å². The summed E-state index contributed by atoms with van der Waals surface area (Å²) in [6.07, 6.45) is -7.30. The molecule has 0 aromatic heterocycles. The Labute approximate surface area is 342 Å². The molecule has 4 aliphatic rings. The molecule has 3 aromatic rings. The zero-order chi connectivity index (χ0) is 42.4. The summed E-state index contributed by atoms with van der Waals surface area (Å²) >= 11 is 0. The Morgan fingerprint density at radius 1 is 0.881 bits per heavy atom. The molecule has 2 saturated carbocycles. The topological polar surface area (TPSA) is 195 Å². The first-order valence-electron chi connectivity index (χ1n) is 20.0. The zero-order valence-corrected chi connectivity index (χ0v) is 33.7. The Morgan fingerprint density at radius 3 is 2.03 bits per heavy atom. The molecule has 3 aromatic carbocycles. The summed E-state index contributed by atoms with van der Waals surface area (Å²) in [7, 11) is 0. The maximum absolute atomic E-state index is 15.2. The van der Waals surface area contributed by atoms with Crippen molar-refractivity contribution < 1.29 is 58.2 Å². The van der Waals surface area contributed by atoms with Gasteiger partial charge in [0.15, 0.2) is 17.5 Å². The second kappa shape index (κ2) is 16.1. The molecule has 0 radical (unpaired) electrons. The number of aliphatic hydroxyl groups is 3. The van der Waals surface area contributed by atoms with Crippen LogP contribution in [0, 0.1) is 23.2 Å². The number of ketones is 1. The van der Waals surface area contributed by atoms with E-state index in [9.17, 15) is 34.5 Å². The van der Waals surface area contributed by atoms with E-state index in [2.05, 4.69) is 5.32 Å². The predicted octanol–water partition coefficient (Wildman–Crippen LogP) is 4.44. The standard InChI is InChI=1S/C46H51NO12/c1-25-31(21-33(51)38(28-15-9-6-10-16-28)47-42(53)29-17-11-7-12-18-29)23-46(55)41(58-43(54)30-19-13-8-14-20-30)37-35(32(50)22-34-45(37,24-56-34)59-27(3)49)39(52)40(57-26(2)48)36(25)44(46,4)5/h6-20,31-35,37-38,40-41,50-51,55H,21-24H2,1-5H3,(H,47,53). The number of ether oxygens (including phenoxy) is 4. The zero-order valence-electron chi connectivity index (χ0n) is 33.7. The van der Waals surface area contributed by atoms with Crippen molar-refractivity contribution >= 4 is 29.6 Å². The molecule has 1 saturated heterocycles. The summed E-state index contributed by atoms with van der Waals surface area (Å²) in [4.78, 5) is 68.8. The van der Waals surface area contributed by atoms with Crippen molar-refractivity contribution in [2.45, 2.75) is 102 Å². The molecule has 1 amide bonds. The summed E-state index contributed by atoms with van der Waals surface area (Å²) in [5, 5.41) is 40.8. The first-order valence-corrected chi connectivity index (χ1v) is 20.0. The minimum absolute atomic E-state index is 0.0831. The largest absolute Gasteiger partial charge is 0.455 e. The van der Waals surface area contributed by atoms with Crippen molar-refractivity contribution in [1.29, 1.82) is 0 Å². The molecule has 1 aliphatic heterocycles.